The van der Waals surface area contributed by atoms with Crippen LogP contribution in [0.25, 0.3) is 0 Å². The number of hydrogen-bond acceptors (Lipinski definition) is 4. The summed E-state index contributed by atoms with van der Waals surface area (Å²) < 4.78 is 39.3. The van der Waals surface area contributed by atoms with Crippen LogP contribution in [0.5, 0.6) is 0 Å². The van der Waals surface area contributed by atoms with E-state index >= 15 is 0 Å². The number of Topliss-reactive ketones (excluding diaryl/α,β-unsaturated/α-hetero) is 1. The zero-order valence-corrected chi connectivity index (χ0v) is 14.7. The highest BCUT2D eigenvalue weighted by Gasteiger charge is 2.31. The molecule has 24 heavy (non-hydrogen) atoms. The highest BCUT2D eigenvalue weighted by Crippen LogP contribution is 2.26. The predicted molar refractivity (Wildman–Crippen MR) is 92.0 cm³/mol. The van der Waals surface area contributed by atoms with E-state index in [0.29, 0.717) is 31.5 Å². The van der Waals surface area contributed by atoms with Gasteiger partial charge in [-0.3, -0.25) is 4.79 Å². The van der Waals surface area contributed by atoms with Crippen LogP contribution in [0.4, 0.5) is 4.39 Å². The summed E-state index contributed by atoms with van der Waals surface area (Å²) in [6.45, 7) is 0.705. The molecule has 1 saturated heterocycles. The van der Waals surface area contributed by atoms with Crippen molar-refractivity contribution in [3.8, 4) is 0 Å². The Balaban J connectivity index is 1.61. The number of carbonyl (C=O) groups is 1. The molecule has 0 bridgehead atoms. The molecule has 0 aliphatic carbocycles. The lowest BCUT2D eigenvalue weighted by molar-refractivity contribution is 0.0879. The third-order valence-electron chi connectivity index (χ3n) is 4.24. The van der Waals surface area contributed by atoms with Crippen LogP contribution in [0.3, 0.4) is 0 Å². The van der Waals surface area contributed by atoms with Crippen molar-refractivity contribution in [1.82, 2.24) is 4.31 Å². The van der Waals surface area contributed by atoms with Gasteiger partial charge >= 0.3 is 0 Å². The van der Waals surface area contributed by atoms with Gasteiger partial charge in [0.2, 0.25) is 10.0 Å². The summed E-state index contributed by atoms with van der Waals surface area (Å²) in [5, 5.41) is 1.87. The van der Waals surface area contributed by atoms with Crippen LogP contribution in [-0.4, -0.2) is 31.6 Å². The molecule has 0 saturated carbocycles. The number of sulfonamides is 1. The molecule has 1 aliphatic rings. The Morgan fingerprint density at radius 2 is 1.83 bits per heavy atom. The molecule has 1 aliphatic heterocycles. The first-order valence-electron chi connectivity index (χ1n) is 7.76. The molecule has 1 aromatic carbocycles. The number of benzene rings is 1. The molecular formula is C17H18FNO3S2. The molecule has 2 heterocycles. The van der Waals surface area contributed by atoms with Gasteiger partial charge in [0.1, 0.15) is 5.82 Å². The maximum atomic E-state index is 12.9. The van der Waals surface area contributed by atoms with Gasteiger partial charge in [-0.1, -0.05) is 18.2 Å². The van der Waals surface area contributed by atoms with E-state index in [9.17, 15) is 17.6 Å². The van der Waals surface area contributed by atoms with E-state index in [1.54, 1.807) is 0 Å². The number of hydrogen-bond donors (Lipinski definition) is 0. The van der Waals surface area contributed by atoms with Crippen LogP contribution in [0.1, 0.15) is 28.1 Å². The average Bonchev–Trinajstić information content (AvgIpc) is 3.11. The number of piperidine rings is 1. The second-order valence-corrected chi connectivity index (χ2v) is 8.81. The molecule has 0 atom stereocenters. The van der Waals surface area contributed by atoms with E-state index < -0.39 is 10.0 Å². The third kappa shape index (κ3) is 3.91. The SMILES string of the molecule is O=C(c1cccs1)C1CCN(S(=O)(=O)Cc2ccc(F)cc2)CC1. The van der Waals surface area contributed by atoms with E-state index in [1.807, 2.05) is 17.5 Å². The fourth-order valence-electron chi connectivity index (χ4n) is 2.90. The molecule has 7 heteroatoms. The molecule has 0 spiro atoms. The van der Waals surface area contributed by atoms with Crippen LogP contribution in [0.15, 0.2) is 41.8 Å². The molecule has 3 rings (SSSR count). The fourth-order valence-corrected chi connectivity index (χ4v) is 5.21. The normalized spacial score (nSPS) is 17.0. The van der Waals surface area contributed by atoms with Gasteiger partial charge in [0.15, 0.2) is 5.78 Å². The van der Waals surface area contributed by atoms with Gasteiger partial charge in [-0.05, 0) is 42.0 Å². The molecule has 2 aromatic rings. The zero-order chi connectivity index (χ0) is 17.2. The number of nitrogens with zero attached hydrogens (tertiary/aromatic N) is 1. The Morgan fingerprint density at radius 1 is 1.17 bits per heavy atom. The van der Waals surface area contributed by atoms with Gasteiger partial charge in [0, 0.05) is 19.0 Å². The van der Waals surface area contributed by atoms with Gasteiger partial charge in [-0.15, -0.1) is 11.3 Å². The summed E-state index contributed by atoms with van der Waals surface area (Å²) in [5.41, 5.74) is 0.563. The van der Waals surface area contributed by atoms with E-state index in [2.05, 4.69) is 0 Å². The van der Waals surface area contributed by atoms with E-state index in [4.69, 9.17) is 0 Å². The lowest BCUT2D eigenvalue weighted by Gasteiger charge is -2.30. The predicted octanol–water partition coefficient (Wildman–Crippen LogP) is 3.31. The number of rotatable bonds is 5. The standard InChI is InChI=1S/C17H18FNO3S2/c18-15-5-3-13(4-6-15)12-24(21,22)19-9-7-14(8-10-19)17(20)16-2-1-11-23-16/h1-6,11,14H,7-10,12H2. The number of ketones is 1. The molecule has 128 valence electrons. The van der Waals surface area contributed by atoms with Crippen LogP contribution < -0.4 is 0 Å². The molecule has 0 unspecified atom stereocenters. The van der Waals surface area contributed by atoms with Crippen molar-refractivity contribution in [3.05, 3.63) is 58.0 Å². The lowest BCUT2D eigenvalue weighted by atomic mass is 9.93. The summed E-state index contributed by atoms with van der Waals surface area (Å²) in [5.74, 6) is -0.526. The number of thiophene rings is 1. The van der Waals surface area contributed by atoms with Gasteiger partial charge in [-0.2, -0.15) is 0 Å². The summed E-state index contributed by atoms with van der Waals surface area (Å²) in [6.07, 6.45) is 1.08. The van der Waals surface area contributed by atoms with Crippen LogP contribution >= 0.6 is 11.3 Å². The van der Waals surface area contributed by atoms with Crippen molar-refractivity contribution in [3.63, 3.8) is 0 Å². The Hall–Kier alpha value is -1.57. The summed E-state index contributed by atoms with van der Waals surface area (Å²) in [6, 6.07) is 9.15. The van der Waals surface area contributed by atoms with E-state index in [-0.39, 0.29) is 23.3 Å². The zero-order valence-electron chi connectivity index (χ0n) is 13.0. The smallest absolute Gasteiger partial charge is 0.218 e. The molecule has 0 amide bonds. The van der Waals surface area contributed by atoms with E-state index in [0.717, 1.165) is 4.88 Å². The molecule has 1 fully saturated rings. The Morgan fingerprint density at radius 3 is 2.42 bits per heavy atom. The lowest BCUT2D eigenvalue weighted by Crippen LogP contribution is -2.40. The Labute approximate surface area is 145 Å². The molecule has 4 nitrogen and oxygen atoms in total. The van der Waals surface area contributed by atoms with Crippen molar-refractivity contribution < 1.29 is 17.6 Å². The highest BCUT2D eigenvalue weighted by molar-refractivity contribution is 7.88. The second-order valence-electron chi connectivity index (χ2n) is 5.90. The minimum absolute atomic E-state index is 0.110. The van der Waals surface area contributed by atoms with Crippen molar-refractivity contribution >= 4 is 27.1 Å². The Bertz CT molecular complexity index is 793. The van der Waals surface area contributed by atoms with Gasteiger partial charge in [-0.25, -0.2) is 17.1 Å². The monoisotopic (exact) mass is 367 g/mol. The van der Waals surface area contributed by atoms with Gasteiger partial charge in [0.25, 0.3) is 0 Å². The summed E-state index contributed by atoms with van der Waals surface area (Å²) in [7, 11) is -3.45. The first kappa shape index (κ1) is 17.3. The molecule has 0 radical (unpaired) electrons. The second kappa shape index (κ2) is 7.13. The number of halogens is 1. The summed E-state index contributed by atoms with van der Waals surface area (Å²) >= 11 is 1.42. The average molecular weight is 367 g/mol. The first-order chi connectivity index (χ1) is 11.5. The highest BCUT2D eigenvalue weighted by atomic mass is 32.2. The van der Waals surface area contributed by atoms with Crippen LogP contribution in [-0.2, 0) is 15.8 Å². The maximum Gasteiger partial charge on any atom is 0.218 e. The van der Waals surface area contributed by atoms with Crippen molar-refractivity contribution in [2.75, 3.05) is 13.1 Å². The van der Waals surface area contributed by atoms with Gasteiger partial charge < -0.3 is 0 Å². The Kier molecular flexibility index (Phi) is 5.12. The topological polar surface area (TPSA) is 54.5 Å². The summed E-state index contributed by atoms with van der Waals surface area (Å²) in [4.78, 5) is 13.1. The fraction of sp³-hybridized carbons (Fsp3) is 0.353. The largest absolute Gasteiger partial charge is 0.293 e. The molecule has 1 aromatic heterocycles. The number of carbonyl (C=O) groups excluding carboxylic acids is 1. The molecule has 0 N–H and O–H groups in total. The van der Waals surface area contributed by atoms with Crippen LogP contribution in [0.2, 0.25) is 0 Å². The first-order valence-corrected chi connectivity index (χ1v) is 10.2. The quantitative estimate of drug-likeness (QED) is 0.762. The molecular weight excluding hydrogens is 349 g/mol. The van der Waals surface area contributed by atoms with Crippen molar-refractivity contribution in [2.24, 2.45) is 5.92 Å². The van der Waals surface area contributed by atoms with E-state index in [1.165, 1.54) is 39.9 Å². The minimum Gasteiger partial charge on any atom is -0.293 e. The van der Waals surface area contributed by atoms with Crippen molar-refractivity contribution in [2.45, 2.75) is 18.6 Å². The van der Waals surface area contributed by atoms with Gasteiger partial charge in [0.05, 0.1) is 10.6 Å². The third-order valence-corrected chi connectivity index (χ3v) is 6.98. The maximum absolute atomic E-state index is 12.9. The van der Waals surface area contributed by atoms with Crippen molar-refractivity contribution in [1.29, 1.82) is 0 Å². The van der Waals surface area contributed by atoms with Crippen LogP contribution in [0, 0.1) is 11.7 Å². The minimum atomic E-state index is -3.45.